The van der Waals surface area contributed by atoms with Gasteiger partial charge in [0.2, 0.25) is 0 Å². The number of aromatic nitrogens is 1. The number of carbonyl (C=O) groups is 1. The van der Waals surface area contributed by atoms with Gasteiger partial charge in [0.25, 0.3) is 0 Å². The molecule has 0 aliphatic carbocycles. The number of aliphatic hydroxyl groups excluding tert-OH is 1. The normalized spacial score (nSPS) is 18.9. The van der Waals surface area contributed by atoms with Crippen LogP contribution >= 0.6 is 23.2 Å². The van der Waals surface area contributed by atoms with E-state index in [0.717, 1.165) is 35.0 Å². The number of fused-ring (bicyclic) bond motifs is 1. The van der Waals surface area contributed by atoms with Crippen LogP contribution in [0.5, 0.6) is 5.75 Å². The van der Waals surface area contributed by atoms with Crippen LogP contribution in [0.3, 0.4) is 0 Å². The first-order valence-electron chi connectivity index (χ1n) is 11.9. The summed E-state index contributed by atoms with van der Waals surface area (Å²) in [6.07, 6.45) is 2.80. The number of benzene rings is 2. The summed E-state index contributed by atoms with van der Waals surface area (Å²) in [5.74, 6) is 5.55. The average molecular weight is 527 g/mol. The van der Waals surface area contributed by atoms with Crippen LogP contribution in [0.1, 0.15) is 36.5 Å². The average Bonchev–Trinajstić information content (AvgIpc) is 2.88. The van der Waals surface area contributed by atoms with Gasteiger partial charge in [0.15, 0.2) is 0 Å². The minimum atomic E-state index is -0.810. The second-order valence-corrected chi connectivity index (χ2v) is 9.85. The number of pyridine rings is 1. The summed E-state index contributed by atoms with van der Waals surface area (Å²) >= 11 is 12.0. The van der Waals surface area contributed by atoms with Gasteiger partial charge in [-0.05, 0) is 79.8 Å². The molecule has 3 atom stereocenters. The second kappa shape index (κ2) is 11.9. The van der Waals surface area contributed by atoms with Crippen molar-refractivity contribution in [2.24, 2.45) is 11.8 Å². The molecule has 1 aromatic heterocycles. The Bertz CT molecular complexity index is 1300. The topological polar surface area (TPSA) is 82.9 Å². The van der Waals surface area contributed by atoms with E-state index in [1.807, 2.05) is 24.3 Å². The molecule has 0 amide bonds. The monoisotopic (exact) mass is 526 g/mol. The van der Waals surface area contributed by atoms with Crippen LogP contribution in [0.25, 0.3) is 10.9 Å². The zero-order valence-corrected chi connectivity index (χ0v) is 21.5. The van der Waals surface area contributed by atoms with E-state index in [4.69, 9.17) is 27.9 Å². The molecule has 1 aliphatic heterocycles. The minimum Gasteiger partial charge on any atom is -0.497 e. The number of hydrogen-bond donors (Lipinski definition) is 2. The first kappa shape index (κ1) is 26.2. The van der Waals surface area contributed by atoms with Gasteiger partial charge in [0.1, 0.15) is 5.75 Å². The number of carboxylic acids is 1. The van der Waals surface area contributed by atoms with Gasteiger partial charge in [-0.1, -0.05) is 35.0 Å². The van der Waals surface area contributed by atoms with Crippen molar-refractivity contribution >= 4 is 40.1 Å². The number of ether oxygens (including phenoxy) is 1. The fourth-order valence-corrected chi connectivity index (χ4v) is 5.05. The van der Waals surface area contributed by atoms with Crippen molar-refractivity contribution in [3.8, 4) is 17.6 Å². The Labute approximate surface area is 220 Å². The highest BCUT2D eigenvalue weighted by atomic mass is 35.5. The highest BCUT2D eigenvalue weighted by Gasteiger charge is 2.34. The van der Waals surface area contributed by atoms with Crippen LogP contribution in [0.15, 0.2) is 48.7 Å². The van der Waals surface area contributed by atoms with Crippen LogP contribution in [-0.2, 0) is 4.79 Å². The fourth-order valence-electron chi connectivity index (χ4n) is 4.76. The largest absolute Gasteiger partial charge is 0.497 e. The lowest BCUT2D eigenvalue weighted by molar-refractivity contribution is -0.146. The Morgan fingerprint density at radius 1 is 1.22 bits per heavy atom. The number of hydrogen-bond acceptors (Lipinski definition) is 5. The summed E-state index contributed by atoms with van der Waals surface area (Å²) in [6, 6.07) is 12.6. The molecule has 0 saturated carbocycles. The molecule has 1 aliphatic rings. The van der Waals surface area contributed by atoms with Crippen LogP contribution in [-0.4, -0.2) is 52.8 Å². The number of likely N-dealkylation sites (tertiary alicyclic amines) is 1. The van der Waals surface area contributed by atoms with Crippen molar-refractivity contribution in [3.63, 3.8) is 0 Å². The summed E-state index contributed by atoms with van der Waals surface area (Å²) in [4.78, 5) is 18.5. The maximum atomic E-state index is 12.1. The third kappa shape index (κ3) is 6.29. The molecule has 2 heterocycles. The molecule has 0 unspecified atom stereocenters. The van der Waals surface area contributed by atoms with Crippen LogP contribution < -0.4 is 4.74 Å². The van der Waals surface area contributed by atoms with Gasteiger partial charge < -0.3 is 14.9 Å². The molecule has 188 valence electrons. The number of rotatable bonds is 7. The van der Waals surface area contributed by atoms with Crippen molar-refractivity contribution in [3.05, 3.63) is 69.8 Å². The number of halogens is 2. The zero-order chi connectivity index (χ0) is 25.7. The summed E-state index contributed by atoms with van der Waals surface area (Å²) in [5, 5.41) is 22.7. The lowest BCUT2D eigenvalue weighted by atomic mass is 9.81. The second-order valence-electron chi connectivity index (χ2n) is 9.04. The Morgan fingerprint density at radius 2 is 2.06 bits per heavy atom. The molecule has 36 heavy (non-hydrogen) atoms. The van der Waals surface area contributed by atoms with Gasteiger partial charge >= 0.3 is 5.97 Å². The van der Waals surface area contributed by atoms with E-state index in [1.54, 1.807) is 31.5 Å². The Balaban J connectivity index is 1.37. The molecule has 2 N–H and O–H groups in total. The van der Waals surface area contributed by atoms with Gasteiger partial charge in [-0.3, -0.25) is 14.7 Å². The van der Waals surface area contributed by atoms with E-state index in [-0.39, 0.29) is 5.92 Å². The third-order valence-corrected chi connectivity index (χ3v) is 7.50. The van der Waals surface area contributed by atoms with Crippen LogP contribution in [0, 0.1) is 23.7 Å². The van der Waals surface area contributed by atoms with E-state index in [0.29, 0.717) is 41.7 Å². The quantitative estimate of drug-likeness (QED) is 0.399. The first-order chi connectivity index (χ1) is 17.4. The molecule has 2 aromatic carbocycles. The third-order valence-electron chi connectivity index (χ3n) is 6.76. The molecule has 8 heteroatoms. The fraction of sp³-hybridized carbons (Fsp3) is 0.357. The van der Waals surface area contributed by atoms with E-state index in [2.05, 4.69) is 21.7 Å². The lowest BCUT2D eigenvalue weighted by Gasteiger charge is -2.36. The predicted octanol–water partition coefficient (Wildman–Crippen LogP) is 5.44. The summed E-state index contributed by atoms with van der Waals surface area (Å²) in [5.41, 5.74) is 2.33. The van der Waals surface area contributed by atoms with Gasteiger partial charge in [0, 0.05) is 23.7 Å². The maximum absolute atomic E-state index is 12.1. The molecule has 1 fully saturated rings. The smallest absolute Gasteiger partial charge is 0.308 e. The number of piperidine rings is 1. The van der Waals surface area contributed by atoms with Crippen molar-refractivity contribution in [2.45, 2.75) is 25.4 Å². The minimum absolute atomic E-state index is 0.0148. The van der Waals surface area contributed by atoms with E-state index >= 15 is 0 Å². The highest BCUT2D eigenvalue weighted by Crippen LogP contribution is 2.33. The molecule has 0 spiro atoms. The van der Waals surface area contributed by atoms with E-state index < -0.39 is 18.0 Å². The van der Waals surface area contributed by atoms with Gasteiger partial charge in [0.05, 0.1) is 41.2 Å². The number of aliphatic hydroxyl groups is 1. The molecule has 0 radical (unpaired) electrons. The van der Waals surface area contributed by atoms with E-state index in [1.165, 1.54) is 0 Å². The zero-order valence-electron chi connectivity index (χ0n) is 20.0. The molecule has 1 saturated heterocycles. The van der Waals surface area contributed by atoms with Gasteiger partial charge in [-0.25, -0.2) is 0 Å². The Morgan fingerprint density at radius 3 is 2.81 bits per heavy atom. The lowest BCUT2D eigenvalue weighted by Crippen LogP contribution is -2.44. The van der Waals surface area contributed by atoms with Crippen molar-refractivity contribution in [1.29, 1.82) is 0 Å². The van der Waals surface area contributed by atoms with Gasteiger partial charge in [-0.15, -0.1) is 0 Å². The molecule has 3 aromatic rings. The molecule has 6 nitrogen and oxygen atoms in total. The SMILES string of the molecule is COc1ccc2nccc([C@@H](O)CC[C@@H]3CCN(CC#Cc4ccc(Cl)c(Cl)c4)C[C@@H]3C(=O)O)c2c1. The number of methoxy groups -OCH3 is 1. The highest BCUT2D eigenvalue weighted by molar-refractivity contribution is 6.42. The van der Waals surface area contributed by atoms with E-state index in [9.17, 15) is 15.0 Å². The molecular weight excluding hydrogens is 499 g/mol. The predicted molar refractivity (Wildman–Crippen MR) is 142 cm³/mol. The summed E-state index contributed by atoms with van der Waals surface area (Å²) in [6.45, 7) is 1.67. The Kier molecular flexibility index (Phi) is 8.71. The van der Waals surface area contributed by atoms with Crippen molar-refractivity contribution < 1.29 is 19.7 Å². The molecule has 0 bridgehead atoms. The number of aliphatic carboxylic acids is 1. The van der Waals surface area contributed by atoms with Crippen molar-refractivity contribution in [2.75, 3.05) is 26.7 Å². The summed E-state index contributed by atoms with van der Waals surface area (Å²) in [7, 11) is 1.60. The van der Waals surface area contributed by atoms with Crippen LogP contribution in [0.2, 0.25) is 10.0 Å². The number of nitrogens with zero attached hydrogens (tertiary/aromatic N) is 2. The molecule has 4 rings (SSSR count). The standard InChI is InChI=1S/C28H28Cl2N2O4/c1-36-20-6-8-26-22(16-20)21(10-12-31-26)27(33)9-5-19-11-14-32(17-23(19)28(34)35)13-2-3-18-4-7-24(29)25(30)15-18/h4,6-8,10,12,15-16,19,23,27,33H,5,9,11,13-14,17H2,1H3,(H,34,35)/t19-,23+,27+/m1/s1. The van der Waals surface area contributed by atoms with Crippen LogP contribution in [0.4, 0.5) is 0 Å². The first-order valence-corrected chi connectivity index (χ1v) is 12.6. The number of carboxylic acid groups (broad SMARTS) is 1. The Hall–Kier alpha value is -2.82. The summed E-state index contributed by atoms with van der Waals surface area (Å²) < 4.78 is 5.33. The maximum Gasteiger partial charge on any atom is 0.308 e. The molecular formula is C28H28Cl2N2O4. The van der Waals surface area contributed by atoms with Crippen molar-refractivity contribution in [1.82, 2.24) is 9.88 Å². The van der Waals surface area contributed by atoms with Gasteiger partial charge in [-0.2, -0.15) is 0 Å².